The number of rotatable bonds is 4. The fourth-order valence-corrected chi connectivity index (χ4v) is 2.61. The molecular formula is C13H22N4O2. The molecule has 6 heteroatoms. The highest BCUT2D eigenvalue weighted by Gasteiger charge is 2.18. The monoisotopic (exact) mass is 266 g/mol. The maximum atomic E-state index is 11.9. The molecular weight excluding hydrogens is 244 g/mol. The molecule has 1 N–H and O–H groups in total. The minimum Gasteiger partial charge on any atom is -0.312 e. The summed E-state index contributed by atoms with van der Waals surface area (Å²) in [6.45, 7) is 3.68. The molecule has 1 aromatic heterocycles. The lowest BCUT2D eigenvalue weighted by molar-refractivity contribution is 0.388. The zero-order valence-electron chi connectivity index (χ0n) is 11.8. The summed E-state index contributed by atoms with van der Waals surface area (Å²) in [5.41, 5.74) is 0.140. The van der Waals surface area contributed by atoms with E-state index in [0.717, 1.165) is 24.2 Å². The van der Waals surface area contributed by atoms with Crippen LogP contribution in [0.4, 0.5) is 0 Å². The third-order valence-corrected chi connectivity index (χ3v) is 3.75. The van der Waals surface area contributed by atoms with Crippen molar-refractivity contribution in [3.8, 4) is 0 Å². The van der Waals surface area contributed by atoms with Gasteiger partial charge in [0.2, 0.25) is 0 Å². The van der Waals surface area contributed by atoms with E-state index in [-0.39, 0.29) is 11.2 Å². The number of nitrogens with zero attached hydrogens (tertiary/aromatic N) is 3. The van der Waals surface area contributed by atoms with E-state index >= 15 is 0 Å². The normalized spacial score (nSPS) is 20.1. The zero-order chi connectivity index (χ0) is 14.0. The van der Waals surface area contributed by atoms with E-state index in [1.165, 1.54) is 18.0 Å². The van der Waals surface area contributed by atoms with Crippen LogP contribution >= 0.6 is 0 Å². The number of likely N-dealkylation sites (tertiary alicyclic amines) is 1. The molecule has 1 saturated heterocycles. The first-order valence-electron chi connectivity index (χ1n) is 6.64. The minimum atomic E-state index is -0.286. The molecule has 106 valence electrons. The molecule has 0 spiro atoms. The van der Waals surface area contributed by atoms with E-state index < -0.39 is 0 Å². The highest BCUT2D eigenvalue weighted by Crippen LogP contribution is 2.12. The zero-order valence-corrected chi connectivity index (χ0v) is 11.8. The van der Waals surface area contributed by atoms with Gasteiger partial charge in [0.1, 0.15) is 0 Å². The predicted octanol–water partition coefficient (Wildman–Crippen LogP) is -0.875. The van der Waals surface area contributed by atoms with Crippen LogP contribution in [0.2, 0.25) is 0 Å². The van der Waals surface area contributed by atoms with Crippen molar-refractivity contribution in [2.24, 2.45) is 20.0 Å². The van der Waals surface area contributed by atoms with Crippen molar-refractivity contribution in [1.82, 2.24) is 19.4 Å². The van der Waals surface area contributed by atoms with E-state index in [4.69, 9.17) is 0 Å². The molecule has 19 heavy (non-hydrogen) atoms. The molecule has 0 saturated carbocycles. The Morgan fingerprint density at radius 2 is 2.05 bits per heavy atom. The van der Waals surface area contributed by atoms with Gasteiger partial charge in [0.25, 0.3) is 5.56 Å². The maximum Gasteiger partial charge on any atom is 0.330 e. The summed E-state index contributed by atoms with van der Waals surface area (Å²) < 4.78 is 2.60. The van der Waals surface area contributed by atoms with Crippen LogP contribution in [-0.4, -0.2) is 40.7 Å². The van der Waals surface area contributed by atoms with Gasteiger partial charge in [-0.25, -0.2) is 4.79 Å². The van der Waals surface area contributed by atoms with E-state index in [9.17, 15) is 9.59 Å². The lowest BCUT2D eigenvalue weighted by Gasteiger charge is -2.12. The summed E-state index contributed by atoms with van der Waals surface area (Å²) in [4.78, 5) is 25.8. The van der Waals surface area contributed by atoms with Crippen LogP contribution in [0.5, 0.6) is 0 Å². The van der Waals surface area contributed by atoms with Crippen LogP contribution in [0.3, 0.4) is 0 Å². The molecule has 1 aliphatic heterocycles. The van der Waals surface area contributed by atoms with Gasteiger partial charge < -0.3 is 14.8 Å². The lowest BCUT2D eigenvalue weighted by Crippen LogP contribution is -2.39. The van der Waals surface area contributed by atoms with Crippen LogP contribution in [-0.2, 0) is 20.6 Å². The van der Waals surface area contributed by atoms with Gasteiger partial charge >= 0.3 is 5.69 Å². The van der Waals surface area contributed by atoms with Gasteiger partial charge in [-0.15, -0.1) is 0 Å². The summed E-state index contributed by atoms with van der Waals surface area (Å²) in [7, 11) is 5.31. The van der Waals surface area contributed by atoms with Crippen molar-refractivity contribution in [1.29, 1.82) is 0 Å². The van der Waals surface area contributed by atoms with Gasteiger partial charge in [0.15, 0.2) is 0 Å². The number of hydrogen-bond donors (Lipinski definition) is 1. The standard InChI is InChI=1S/C13H22N4O2/c1-15-5-4-10(8-15)6-14-7-11-9-16(2)13(19)17(3)12(11)18/h9-10,14H,4-8H2,1-3H3. The highest BCUT2D eigenvalue weighted by atomic mass is 16.2. The van der Waals surface area contributed by atoms with E-state index in [1.54, 1.807) is 13.2 Å². The molecule has 1 aliphatic rings. The van der Waals surface area contributed by atoms with Crippen LogP contribution in [0.1, 0.15) is 12.0 Å². The van der Waals surface area contributed by atoms with Gasteiger partial charge in [-0.3, -0.25) is 9.36 Å². The largest absolute Gasteiger partial charge is 0.330 e. The molecule has 2 heterocycles. The van der Waals surface area contributed by atoms with Crippen molar-refractivity contribution >= 4 is 0 Å². The lowest BCUT2D eigenvalue weighted by atomic mass is 10.1. The molecule has 6 nitrogen and oxygen atoms in total. The molecule has 0 aromatic carbocycles. The molecule has 2 rings (SSSR count). The first-order valence-corrected chi connectivity index (χ1v) is 6.64. The van der Waals surface area contributed by atoms with Crippen molar-refractivity contribution in [3.05, 3.63) is 32.6 Å². The van der Waals surface area contributed by atoms with Crippen LogP contribution in [0.15, 0.2) is 15.8 Å². The maximum absolute atomic E-state index is 11.9. The van der Waals surface area contributed by atoms with Crippen molar-refractivity contribution in [2.45, 2.75) is 13.0 Å². The minimum absolute atomic E-state index is 0.209. The molecule has 0 aliphatic carbocycles. The fourth-order valence-electron chi connectivity index (χ4n) is 2.61. The Hall–Kier alpha value is -1.40. The first-order chi connectivity index (χ1) is 8.99. The second kappa shape index (κ2) is 5.71. The van der Waals surface area contributed by atoms with Gasteiger partial charge in [-0.1, -0.05) is 0 Å². The average Bonchev–Trinajstić information content (AvgIpc) is 2.79. The van der Waals surface area contributed by atoms with Gasteiger partial charge in [0.05, 0.1) is 0 Å². The average molecular weight is 266 g/mol. The van der Waals surface area contributed by atoms with Crippen LogP contribution < -0.4 is 16.6 Å². The molecule has 1 fully saturated rings. The Labute approximate surface area is 112 Å². The van der Waals surface area contributed by atoms with Crippen molar-refractivity contribution in [3.63, 3.8) is 0 Å². The summed E-state index contributed by atoms with van der Waals surface area (Å²) in [6, 6.07) is 0. The number of aromatic nitrogens is 2. The number of nitrogens with one attached hydrogen (secondary N) is 1. The Kier molecular flexibility index (Phi) is 4.21. The molecule has 1 aromatic rings. The van der Waals surface area contributed by atoms with Crippen molar-refractivity contribution in [2.75, 3.05) is 26.7 Å². The Morgan fingerprint density at radius 1 is 1.32 bits per heavy atom. The Balaban J connectivity index is 1.97. The van der Waals surface area contributed by atoms with Crippen LogP contribution in [0.25, 0.3) is 0 Å². The van der Waals surface area contributed by atoms with Gasteiger partial charge in [0, 0.05) is 38.9 Å². The Bertz CT molecular complexity index is 561. The quantitative estimate of drug-likeness (QED) is 0.769. The fraction of sp³-hybridized carbons (Fsp3) is 0.692. The SMILES string of the molecule is CN1CCC(CNCc2cn(C)c(=O)n(C)c2=O)C1. The van der Waals surface area contributed by atoms with Crippen LogP contribution in [0, 0.1) is 5.92 Å². The molecule has 1 atom stereocenters. The molecule has 0 radical (unpaired) electrons. The van der Waals surface area contributed by atoms with E-state index in [1.807, 2.05) is 0 Å². The number of aryl methyl sites for hydroxylation is 1. The van der Waals surface area contributed by atoms with E-state index in [2.05, 4.69) is 17.3 Å². The molecule has 1 unspecified atom stereocenters. The van der Waals surface area contributed by atoms with E-state index in [0.29, 0.717) is 18.0 Å². The van der Waals surface area contributed by atoms with Crippen molar-refractivity contribution < 1.29 is 0 Å². The Morgan fingerprint density at radius 3 is 2.68 bits per heavy atom. The third-order valence-electron chi connectivity index (χ3n) is 3.75. The van der Waals surface area contributed by atoms with Gasteiger partial charge in [-0.2, -0.15) is 0 Å². The van der Waals surface area contributed by atoms with Gasteiger partial charge in [-0.05, 0) is 32.5 Å². The topological polar surface area (TPSA) is 59.3 Å². The second-order valence-electron chi connectivity index (χ2n) is 5.46. The predicted molar refractivity (Wildman–Crippen MR) is 74.2 cm³/mol. The summed E-state index contributed by atoms with van der Waals surface area (Å²) in [6.07, 6.45) is 2.83. The summed E-state index contributed by atoms with van der Waals surface area (Å²) in [5, 5.41) is 3.32. The smallest absolute Gasteiger partial charge is 0.312 e. The third kappa shape index (κ3) is 3.13. The second-order valence-corrected chi connectivity index (χ2v) is 5.46. The first kappa shape index (κ1) is 14.0. The molecule has 0 bridgehead atoms. The number of hydrogen-bond acceptors (Lipinski definition) is 4. The summed E-state index contributed by atoms with van der Waals surface area (Å²) >= 11 is 0. The summed E-state index contributed by atoms with van der Waals surface area (Å²) in [5.74, 6) is 0.654. The highest BCUT2D eigenvalue weighted by molar-refractivity contribution is 5.05. The molecule has 0 amide bonds.